The maximum Gasteiger partial charge on any atom is 0.252 e. The van der Waals surface area contributed by atoms with Gasteiger partial charge in [0.25, 0.3) is 5.91 Å². The molecule has 2 aromatic carbocycles. The summed E-state index contributed by atoms with van der Waals surface area (Å²) >= 11 is 0. The lowest BCUT2D eigenvalue weighted by molar-refractivity contribution is 0.0937. The Morgan fingerprint density at radius 1 is 1.00 bits per heavy atom. The molecule has 1 amide bonds. The van der Waals surface area contributed by atoms with Crippen molar-refractivity contribution in [1.82, 2.24) is 14.9 Å². The number of hydrogen-bond donors (Lipinski definition) is 1. The van der Waals surface area contributed by atoms with Crippen LogP contribution in [0.5, 0.6) is 0 Å². The summed E-state index contributed by atoms with van der Waals surface area (Å²) in [5, 5.41) is 3.18. The third-order valence-electron chi connectivity index (χ3n) is 6.03. The molecular formula is C27H37N3O. The van der Waals surface area contributed by atoms with Gasteiger partial charge in [-0.1, -0.05) is 75.3 Å². The van der Waals surface area contributed by atoms with E-state index in [9.17, 15) is 4.79 Å². The Morgan fingerprint density at radius 2 is 1.71 bits per heavy atom. The highest BCUT2D eigenvalue weighted by molar-refractivity contribution is 5.96. The molecule has 0 saturated carbocycles. The van der Waals surface area contributed by atoms with Crippen LogP contribution in [0.1, 0.15) is 92.1 Å². The molecule has 31 heavy (non-hydrogen) atoms. The second-order valence-corrected chi connectivity index (χ2v) is 8.75. The molecule has 0 radical (unpaired) electrons. The molecule has 3 rings (SSSR count). The van der Waals surface area contributed by atoms with Crippen molar-refractivity contribution >= 4 is 16.9 Å². The number of aryl methyl sites for hydroxylation is 3. The normalized spacial score (nSPS) is 12.3. The van der Waals surface area contributed by atoms with Crippen molar-refractivity contribution in [3.8, 4) is 0 Å². The Labute approximate surface area is 187 Å². The fourth-order valence-electron chi connectivity index (χ4n) is 4.29. The second-order valence-electron chi connectivity index (χ2n) is 8.75. The maximum atomic E-state index is 12.9. The van der Waals surface area contributed by atoms with E-state index in [1.165, 1.54) is 44.1 Å². The summed E-state index contributed by atoms with van der Waals surface area (Å²) in [6.45, 7) is 9.26. The standard InChI is InChI=1S/C27H37N3O/c1-5-6-7-8-9-10-13-18-30-25-15-12-11-14-24(25)29-26(30)22(4)28-27(31)23-17-16-20(2)19-21(23)3/h11-12,14-17,19,22H,5-10,13,18H2,1-4H3,(H,28,31). The van der Waals surface area contributed by atoms with Crippen molar-refractivity contribution in [2.24, 2.45) is 0 Å². The van der Waals surface area contributed by atoms with Gasteiger partial charge in [0, 0.05) is 12.1 Å². The van der Waals surface area contributed by atoms with E-state index in [1.54, 1.807) is 0 Å². The summed E-state index contributed by atoms with van der Waals surface area (Å²) in [6, 6.07) is 14.1. The number of nitrogens with one attached hydrogen (secondary N) is 1. The van der Waals surface area contributed by atoms with Crippen LogP contribution in [0, 0.1) is 13.8 Å². The molecule has 1 heterocycles. The molecule has 4 heteroatoms. The lowest BCUT2D eigenvalue weighted by Crippen LogP contribution is -2.29. The van der Waals surface area contributed by atoms with Gasteiger partial charge in [0.15, 0.2) is 0 Å². The summed E-state index contributed by atoms with van der Waals surface area (Å²) < 4.78 is 2.30. The van der Waals surface area contributed by atoms with Gasteiger partial charge in [-0.25, -0.2) is 4.98 Å². The molecule has 3 aromatic rings. The minimum Gasteiger partial charge on any atom is -0.342 e. The average molecular weight is 420 g/mol. The van der Waals surface area contributed by atoms with Crippen LogP contribution in [0.15, 0.2) is 42.5 Å². The van der Waals surface area contributed by atoms with Crippen molar-refractivity contribution in [3.05, 3.63) is 65.0 Å². The summed E-state index contributed by atoms with van der Waals surface area (Å²) in [6.07, 6.45) is 8.96. The molecule has 0 aliphatic rings. The Bertz CT molecular complexity index is 1000. The van der Waals surface area contributed by atoms with Crippen molar-refractivity contribution in [2.45, 2.75) is 85.2 Å². The number of aromatic nitrogens is 2. The van der Waals surface area contributed by atoms with Crippen LogP contribution in [-0.4, -0.2) is 15.5 Å². The summed E-state index contributed by atoms with van der Waals surface area (Å²) in [4.78, 5) is 17.8. The van der Waals surface area contributed by atoms with E-state index in [-0.39, 0.29) is 11.9 Å². The van der Waals surface area contributed by atoms with Gasteiger partial charge < -0.3 is 9.88 Å². The highest BCUT2D eigenvalue weighted by atomic mass is 16.1. The molecule has 0 spiro atoms. The molecule has 1 unspecified atom stereocenters. The van der Waals surface area contributed by atoms with Gasteiger partial charge in [0.05, 0.1) is 17.1 Å². The molecule has 0 fully saturated rings. The van der Waals surface area contributed by atoms with Crippen LogP contribution in [0.3, 0.4) is 0 Å². The number of fused-ring (bicyclic) bond motifs is 1. The van der Waals surface area contributed by atoms with Crippen LogP contribution in [0.2, 0.25) is 0 Å². The molecule has 1 atom stereocenters. The fraction of sp³-hybridized carbons (Fsp3) is 0.481. The second kappa shape index (κ2) is 11.1. The number of imidazole rings is 1. The minimum absolute atomic E-state index is 0.0421. The largest absolute Gasteiger partial charge is 0.342 e. The topological polar surface area (TPSA) is 46.9 Å². The molecule has 4 nitrogen and oxygen atoms in total. The summed E-state index contributed by atoms with van der Waals surface area (Å²) in [7, 11) is 0. The lowest BCUT2D eigenvalue weighted by atomic mass is 10.0. The quantitative estimate of drug-likeness (QED) is 0.344. The number of amides is 1. The first-order chi connectivity index (χ1) is 15.0. The third kappa shape index (κ3) is 5.96. The molecule has 0 saturated heterocycles. The first-order valence-electron chi connectivity index (χ1n) is 11.8. The number of carbonyl (C=O) groups is 1. The Morgan fingerprint density at radius 3 is 2.45 bits per heavy atom. The highest BCUT2D eigenvalue weighted by Gasteiger charge is 2.19. The number of nitrogens with zero attached hydrogens (tertiary/aromatic N) is 2. The number of benzene rings is 2. The van der Waals surface area contributed by atoms with E-state index in [2.05, 4.69) is 41.1 Å². The Hall–Kier alpha value is -2.62. The first-order valence-corrected chi connectivity index (χ1v) is 11.8. The van der Waals surface area contributed by atoms with E-state index in [1.807, 2.05) is 39.0 Å². The van der Waals surface area contributed by atoms with Crippen molar-refractivity contribution in [2.75, 3.05) is 0 Å². The van der Waals surface area contributed by atoms with Gasteiger partial charge in [-0.15, -0.1) is 0 Å². The highest BCUT2D eigenvalue weighted by Crippen LogP contribution is 2.23. The monoisotopic (exact) mass is 419 g/mol. The van der Waals surface area contributed by atoms with Crippen LogP contribution in [0.4, 0.5) is 0 Å². The van der Waals surface area contributed by atoms with Crippen LogP contribution >= 0.6 is 0 Å². The molecule has 1 N–H and O–H groups in total. The van der Waals surface area contributed by atoms with E-state index in [4.69, 9.17) is 4.98 Å². The number of hydrogen-bond acceptors (Lipinski definition) is 2. The van der Waals surface area contributed by atoms with Gasteiger partial charge in [-0.05, 0) is 51.0 Å². The van der Waals surface area contributed by atoms with E-state index in [0.717, 1.165) is 41.0 Å². The smallest absolute Gasteiger partial charge is 0.252 e. The SMILES string of the molecule is CCCCCCCCCn1c(C(C)NC(=O)c2ccc(C)cc2C)nc2ccccc21. The Balaban J connectivity index is 1.71. The van der Waals surface area contributed by atoms with Gasteiger partial charge in [0.1, 0.15) is 5.82 Å². The van der Waals surface area contributed by atoms with E-state index < -0.39 is 0 Å². The molecule has 0 aliphatic heterocycles. The van der Waals surface area contributed by atoms with E-state index >= 15 is 0 Å². The van der Waals surface area contributed by atoms with Crippen molar-refractivity contribution in [1.29, 1.82) is 0 Å². The zero-order valence-electron chi connectivity index (χ0n) is 19.6. The van der Waals surface area contributed by atoms with Crippen LogP contribution in [-0.2, 0) is 6.54 Å². The van der Waals surface area contributed by atoms with Crippen LogP contribution in [0.25, 0.3) is 11.0 Å². The molecule has 1 aromatic heterocycles. The summed E-state index contributed by atoms with van der Waals surface area (Å²) in [5.41, 5.74) is 5.04. The zero-order valence-corrected chi connectivity index (χ0v) is 19.6. The predicted octanol–water partition coefficient (Wildman–Crippen LogP) is 6.89. The number of carbonyl (C=O) groups excluding carboxylic acids is 1. The molecule has 0 bridgehead atoms. The molecule has 0 aliphatic carbocycles. The predicted molar refractivity (Wildman–Crippen MR) is 130 cm³/mol. The van der Waals surface area contributed by atoms with Crippen molar-refractivity contribution in [3.63, 3.8) is 0 Å². The number of rotatable bonds is 11. The van der Waals surface area contributed by atoms with Gasteiger partial charge in [0.2, 0.25) is 0 Å². The first kappa shape index (κ1) is 23.1. The van der Waals surface area contributed by atoms with Crippen LogP contribution < -0.4 is 5.32 Å². The number of unbranched alkanes of at least 4 members (excludes halogenated alkanes) is 6. The van der Waals surface area contributed by atoms with Gasteiger partial charge >= 0.3 is 0 Å². The van der Waals surface area contributed by atoms with E-state index in [0.29, 0.717) is 0 Å². The van der Waals surface area contributed by atoms with Gasteiger partial charge in [-0.2, -0.15) is 0 Å². The molecular weight excluding hydrogens is 382 g/mol. The van der Waals surface area contributed by atoms with Gasteiger partial charge in [-0.3, -0.25) is 4.79 Å². The lowest BCUT2D eigenvalue weighted by Gasteiger charge is -2.17. The summed E-state index contributed by atoms with van der Waals surface area (Å²) in [5.74, 6) is 0.893. The average Bonchev–Trinajstić information content (AvgIpc) is 3.12. The zero-order chi connectivity index (χ0) is 22.2. The fourth-order valence-corrected chi connectivity index (χ4v) is 4.29. The molecule has 166 valence electrons. The van der Waals surface area contributed by atoms with Crippen molar-refractivity contribution < 1.29 is 4.79 Å². The Kier molecular flexibility index (Phi) is 8.27. The maximum absolute atomic E-state index is 12.9. The minimum atomic E-state index is -0.162. The third-order valence-corrected chi connectivity index (χ3v) is 6.03. The number of para-hydroxylation sites is 2.